The van der Waals surface area contributed by atoms with Gasteiger partial charge in [0.05, 0.1) is 19.8 Å². The normalized spacial score (nSPS) is 16.3. The lowest BCUT2D eigenvalue weighted by atomic mass is 10.1. The van der Waals surface area contributed by atoms with Gasteiger partial charge in [0, 0.05) is 12.1 Å². The van der Waals surface area contributed by atoms with Gasteiger partial charge in [0.25, 0.3) is 5.91 Å². The molecule has 2 heterocycles. The van der Waals surface area contributed by atoms with Crippen molar-refractivity contribution in [1.29, 1.82) is 0 Å². The van der Waals surface area contributed by atoms with Crippen LogP contribution in [0.2, 0.25) is 0 Å². The molecule has 0 aliphatic carbocycles. The average molecular weight is 389 g/mol. The summed E-state index contributed by atoms with van der Waals surface area (Å²) in [7, 11) is 0. The summed E-state index contributed by atoms with van der Waals surface area (Å²) in [6.07, 6.45) is 1.67. The Labute approximate surface area is 164 Å². The van der Waals surface area contributed by atoms with Crippen molar-refractivity contribution in [3.63, 3.8) is 0 Å². The van der Waals surface area contributed by atoms with Gasteiger partial charge in [-0.05, 0) is 52.7 Å². The first-order chi connectivity index (χ1) is 13.6. The van der Waals surface area contributed by atoms with Crippen LogP contribution in [-0.4, -0.2) is 47.3 Å². The van der Waals surface area contributed by atoms with Crippen LogP contribution in [0.1, 0.15) is 61.7 Å². The molecular formula is C20H27N3O5. The van der Waals surface area contributed by atoms with Crippen molar-refractivity contribution in [2.24, 2.45) is 0 Å². The number of rotatable bonds is 8. The number of likely N-dealkylation sites (tertiary alicyclic amines) is 1. The van der Waals surface area contributed by atoms with Crippen molar-refractivity contribution in [3.8, 4) is 17.2 Å². The van der Waals surface area contributed by atoms with E-state index in [4.69, 9.17) is 18.7 Å². The van der Waals surface area contributed by atoms with Gasteiger partial charge in [-0.2, -0.15) is 4.98 Å². The predicted octanol–water partition coefficient (Wildman–Crippen LogP) is 3.55. The zero-order valence-electron chi connectivity index (χ0n) is 16.9. The first kappa shape index (κ1) is 20.0. The van der Waals surface area contributed by atoms with E-state index < -0.39 is 0 Å². The van der Waals surface area contributed by atoms with Crippen molar-refractivity contribution in [2.45, 2.75) is 46.6 Å². The Morgan fingerprint density at radius 2 is 1.79 bits per heavy atom. The number of amides is 1. The van der Waals surface area contributed by atoms with Gasteiger partial charge in [-0.25, -0.2) is 0 Å². The second-order valence-electron chi connectivity index (χ2n) is 6.44. The van der Waals surface area contributed by atoms with E-state index in [0.29, 0.717) is 60.9 Å². The summed E-state index contributed by atoms with van der Waals surface area (Å²) >= 11 is 0. The molecule has 28 heavy (non-hydrogen) atoms. The topological polar surface area (TPSA) is 86.9 Å². The Morgan fingerprint density at radius 1 is 1.14 bits per heavy atom. The zero-order chi connectivity index (χ0) is 20.1. The summed E-state index contributed by atoms with van der Waals surface area (Å²) in [5, 5.41) is 3.86. The van der Waals surface area contributed by atoms with Gasteiger partial charge in [-0.1, -0.05) is 5.16 Å². The maximum Gasteiger partial charge on any atom is 0.254 e. The molecule has 0 N–H and O–H groups in total. The van der Waals surface area contributed by atoms with E-state index in [9.17, 15) is 4.79 Å². The molecule has 1 unspecified atom stereocenters. The molecule has 1 aromatic heterocycles. The molecule has 1 aromatic carbocycles. The maximum absolute atomic E-state index is 13.3. The molecule has 1 saturated heterocycles. The number of benzene rings is 1. The van der Waals surface area contributed by atoms with Crippen LogP contribution in [0.4, 0.5) is 0 Å². The first-order valence-electron chi connectivity index (χ1n) is 9.76. The fourth-order valence-electron chi connectivity index (χ4n) is 3.39. The van der Waals surface area contributed by atoms with E-state index >= 15 is 0 Å². The highest BCUT2D eigenvalue weighted by Crippen LogP contribution is 2.40. The molecule has 2 aromatic rings. The van der Waals surface area contributed by atoms with Gasteiger partial charge in [0.15, 0.2) is 17.3 Å². The van der Waals surface area contributed by atoms with Crippen LogP contribution < -0.4 is 14.2 Å². The van der Waals surface area contributed by atoms with E-state index in [-0.39, 0.29) is 11.9 Å². The average Bonchev–Trinajstić information content (AvgIpc) is 3.32. The van der Waals surface area contributed by atoms with Crippen LogP contribution in [0, 0.1) is 6.92 Å². The van der Waals surface area contributed by atoms with Gasteiger partial charge in [-0.15, -0.1) is 0 Å². The van der Waals surface area contributed by atoms with Gasteiger partial charge in [0.2, 0.25) is 11.6 Å². The molecular weight excluding hydrogens is 362 g/mol. The quantitative estimate of drug-likeness (QED) is 0.682. The predicted molar refractivity (Wildman–Crippen MR) is 102 cm³/mol. The fraction of sp³-hybridized carbons (Fsp3) is 0.550. The molecule has 8 nitrogen and oxygen atoms in total. The van der Waals surface area contributed by atoms with E-state index in [1.807, 2.05) is 20.8 Å². The molecule has 0 saturated carbocycles. The van der Waals surface area contributed by atoms with Crippen molar-refractivity contribution in [1.82, 2.24) is 15.0 Å². The van der Waals surface area contributed by atoms with E-state index in [0.717, 1.165) is 12.8 Å². The van der Waals surface area contributed by atoms with Crippen LogP contribution in [0.25, 0.3) is 0 Å². The van der Waals surface area contributed by atoms with Gasteiger partial charge in [-0.3, -0.25) is 4.79 Å². The molecule has 152 valence electrons. The third kappa shape index (κ3) is 4.05. The van der Waals surface area contributed by atoms with E-state index in [1.165, 1.54) is 0 Å². The number of hydrogen-bond donors (Lipinski definition) is 0. The van der Waals surface area contributed by atoms with Crippen LogP contribution in [0.5, 0.6) is 17.2 Å². The largest absolute Gasteiger partial charge is 0.490 e. The minimum atomic E-state index is -0.216. The van der Waals surface area contributed by atoms with Crippen LogP contribution in [0.15, 0.2) is 16.7 Å². The fourth-order valence-corrected chi connectivity index (χ4v) is 3.39. The summed E-state index contributed by atoms with van der Waals surface area (Å²) in [6, 6.07) is 3.22. The third-order valence-electron chi connectivity index (χ3n) is 4.50. The summed E-state index contributed by atoms with van der Waals surface area (Å²) in [5.41, 5.74) is 0.485. The van der Waals surface area contributed by atoms with Gasteiger partial charge in [0.1, 0.15) is 6.04 Å². The molecule has 0 bridgehead atoms. The lowest BCUT2D eigenvalue weighted by Crippen LogP contribution is -2.30. The van der Waals surface area contributed by atoms with Crippen LogP contribution >= 0.6 is 0 Å². The van der Waals surface area contributed by atoms with E-state index in [1.54, 1.807) is 24.0 Å². The Kier molecular flexibility index (Phi) is 6.38. The number of hydrogen-bond acceptors (Lipinski definition) is 7. The van der Waals surface area contributed by atoms with Gasteiger partial charge < -0.3 is 23.6 Å². The second-order valence-corrected chi connectivity index (χ2v) is 6.44. The Balaban J connectivity index is 1.95. The number of nitrogens with zero attached hydrogens (tertiary/aromatic N) is 3. The summed E-state index contributed by atoms with van der Waals surface area (Å²) in [5.74, 6) is 2.44. The SMILES string of the molecule is CCOc1cc(C(=O)N2CCCC2c2nc(C)no2)cc(OCC)c1OCC. The molecule has 1 aliphatic rings. The number of ether oxygens (including phenoxy) is 3. The summed E-state index contributed by atoms with van der Waals surface area (Å²) in [6.45, 7) is 9.45. The molecule has 8 heteroatoms. The Morgan fingerprint density at radius 3 is 2.32 bits per heavy atom. The standard InChI is InChI=1S/C20H27N3O5/c1-5-25-16-11-14(12-17(26-6-2)18(16)27-7-3)20(24)23-10-8-9-15(23)19-21-13(4)22-28-19/h11-12,15H,5-10H2,1-4H3. The summed E-state index contributed by atoms with van der Waals surface area (Å²) in [4.78, 5) is 19.4. The number of aromatic nitrogens is 2. The van der Waals surface area contributed by atoms with Crippen molar-refractivity contribution in [2.75, 3.05) is 26.4 Å². The Hall–Kier alpha value is -2.77. The minimum absolute atomic E-state index is 0.122. The lowest BCUT2D eigenvalue weighted by molar-refractivity contribution is 0.0709. The van der Waals surface area contributed by atoms with Crippen molar-refractivity contribution >= 4 is 5.91 Å². The Bertz CT molecular complexity index is 793. The zero-order valence-corrected chi connectivity index (χ0v) is 16.9. The highest BCUT2D eigenvalue weighted by Gasteiger charge is 2.35. The lowest BCUT2D eigenvalue weighted by Gasteiger charge is -2.23. The molecule has 3 rings (SSSR count). The smallest absolute Gasteiger partial charge is 0.254 e. The minimum Gasteiger partial charge on any atom is -0.490 e. The van der Waals surface area contributed by atoms with E-state index in [2.05, 4.69) is 10.1 Å². The van der Waals surface area contributed by atoms with Crippen molar-refractivity contribution < 1.29 is 23.5 Å². The molecule has 0 radical (unpaired) electrons. The number of aryl methyl sites for hydroxylation is 1. The molecule has 1 aliphatic heterocycles. The van der Waals surface area contributed by atoms with Crippen molar-refractivity contribution in [3.05, 3.63) is 29.4 Å². The molecule has 0 spiro atoms. The first-order valence-corrected chi connectivity index (χ1v) is 9.76. The number of carbonyl (C=O) groups excluding carboxylic acids is 1. The summed E-state index contributed by atoms with van der Waals surface area (Å²) < 4.78 is 22.5. The second kappa shape index (κ2) is 8.95. The van der Waals surface area contributed by atoms with Crippen LogP contribution in [-0.2, 0) is 0 Å². The molecule has 1 atom stereocenters. The third-order valence-corrected chi connectivity index (χ3v) is 4.50. The van der Waals surface area contributed by atoms with Crippen LogP contribution in [0.3, 0.4) is 0 Å². The maximum atomic E-state index is 13.3. The van der Waals surface area contributed by atoms with Gasteiger partial charge >= 0.3 is 0 Å². The highest BCUT2D eigenvalue weighted by molar-refractivity contribution is 5.96. The highest BCUT2D eigenvalue weighted by atomic mass is 16.5. The molecule has 1 fully saturated rings. The molecule has 1 amide bonds. The number of carbonyl (C=O) groups is 1. The monoisotopic (exact) mass is 389 g/mol.